The van der Waals surface area contributed by atoms with E-state index < -0.39 is 0 Å². The number of rotatable bonds is 10. The summed E-state index contributed by atoms with van der Waals surface area (Å²) in [5.41, 5.74) is 4.98. The lowest BCUT2D eigenvalue weighted by molar-refractivity contribution is -0.123. The Morgan fingerprint density at radius 3 is 2.55 bits per heavy atom. The summed E-state index contributed by atoms with van der Waals surface area (Å²) in [6.45, 7) is 8.63. The molecule has 1 amide bonds. The van der Waals surface area contributed by atoms with Crippen LogP contribution in [0.5, 0.6) is 5.75 Å². The fourth-order valence-corrected chi connectivity index (χ4v) is 3.25. The molecule has 1 aliphatic carbocycles. The standard InChI is InChI=1S/C25H34N4O2/c1-4-26-25(28-16-21-8-5-18(2)15-19(21)3)27-14-13-20-6-11-23(12-7-20)31-17-24(30)29-22-9-10-22/h5-8,11-12,15,22H,4,9-10,13-14,16-17H2,1-3H3,(H,29,30)(H2,26,27,28). The number of nitrogens with zero attached hydrogens (tertiary/aromatic N) is 1. The first-order valence-corrected chi connectivity index (χ1v) is 11.1. The molecule has 0 bridgehead atoms. The van der Waals surface area contributed by atoms with Gasteiger partial charge in [0.15, 0.2) is 12.6 Å². The van der Waals surface area contributed by atoms with Gasteiger partial charge >= 0.3 is 0 Å². The summed E-state index contributed by atoms with van der Waals surface area (Å²) in [4.78, 5) is 16.4. The number of guanidine groups is 1. The summed E-state index contributed by atoms with van der Waals surface area (Å²) in [5, 5.41) is 9.63. The number of aryl methyl sites for hydroxylation is 2. The Balaban J connectivity index is 1.43. The zero-order chi connectivity index (χ0) is 22.1. The fraction of sp³-hybridized carbons (Fsp3) is 0.440. The summed E-state index contributed by atoms with van der Waals surface area (Å²) in [7, 11) is 0. The largest absolute Gasteiger partial charge is 0.484 e. The van der Waals surface area contributed by atoms with Crippen LogP contribution in [0.15, 0.2) is 47.5 Å². The average Bonchev–Trinajstić information content (AvgIpc) is 3.56. The number of hydrogen-bond acceptors (Lipinski definition) is 3. The van der Waals surface area contributed by atoms with E-state index in [-0.39, 0.29) is 12.5 Å². The van der Waals surface area contributed by atoms with E-state index in [0.29, 0.717) is 18.3 Å². The van der Waals surface area contributed by atoms with Crippen molar-refractivity contribution >= 4 is 11.9 Å². The smallest absolute Gasteiger partial charge is 0.258 e. The number of amides is 1. The lowest BCUT2D eigenvalue weighted by Gasteiger charge is -2.12. The normalized spacial score (nSPS) is 13.6. The van der Waals surface area contributed by atoms with Crippen LogP contribution in [0.25, 0.3) is 0 Å². The zero-order valence-electron chi connectivity index (χ0n) is 18.8. The van der Waals surface area contributed by atoms with Gasteiger partial charge in [-0.05, 0) is 68.9 Å². The maximum Gasteiger partial charge on any atom is 0.258 e. The number of ether oxygens (including phenoxy) is 1. The van der Waals surface area contributed by atoms with Gasteiger partial charge in [0.05, 0.1) is 6.54 Å². The molecule has 1 aliphatic rings. The van der Waals surface area contributed by atoms with Crippen LogP contribution < -0.4 is 20.7 Å². The first-order valence-electron chi connectivity index (χ1n) is 11.1. The Morgan fingerprint density at radius 1 is 1.10 bits per heavy atom. The quantitative estimate of drug-likeness (QED) is 0.406. The molecule has 3 N–H and O–H groups in total. The number of nitrogens with one attached hydrogen (secondary N) is 3. The Bertz CT molecular complexity index is 889. The monoisotopic (exact) mass is 422 g/mol. The van der Waals surface area contributed by atoms with Gasteiger partial charge in [-0.2, -0.15) is 0 Å². The lowest BCUT2D eigenvalue weighted by Crippen LogP contribution is -2.38. The van der Waals surface area contributed by atoms with Gasteiger partial charge in [0, 0.05) is 19.1 Å². The number of hydrogen-bond donors (Lipinski definition) is 3. The molecule has 0 unspecified atom stereocenters. The molecule has 0 atom stereocenters. The molecule has 1 saturated carbocycles. The van der Waals surface area contributed by atoms with Crippen LogP contribution in [0.4, 0.5) is 0 Å². The fourth-order valence-electron chi connectivity index (χ4n) is 3.25. The second-order valence-electron chi connectivity index (χ2n) is 8.08. The second kappa shape index (κ2) is 11.4. The van der Waals surface area contributed by atoms with Crippen molar-refractivity contribution in [2.45, 2.75) is 52.6 Å². The molecule has 0 heterocycles. The predicted molar refractivity (Wildman–Crippen MR) is 126 cm³/mol. The topological polar surface area (TPSA) is 74.8 Å². The molecular weight excluding hydrogens is 388 g/mol. The van der Waals surface area contributed by atoms with Crippen molar-refractivity contribution in [3.63, 3.8) is 0 Å². The van der Waals surface area contributed by atoms with Crippen molar-refractivity contribution in [3.05, 3.63) is 64.7 Å². The summed E-state index contributed by atoms with van der Waals surface area (Å²) in [6.07, 6.45) is 3.04. The van der Waals surface area contributed by atoms with Gasteiger partial charge in [0.1, 0.15) is 5.75 Å². The number of benzene rings is 2. The molecule has 0 spiro atoms. The number of aliphatic imine (C=N–C) groups is 1. The molecule has 0 saturated heterocycles. The molecule has 2 aromatic carbocycles. The second-order valence-corrected chi connectivity index (χ2v) is 8.08. The first-order chi connectivity index (χ1) is 15.0. The Labute approximate surface area is 185 Å². The third-order valence-corrected chi connectivity index (χ3v) is 5.19. The van der Waals surface area contributed by atoms with Crippen LogP contribution in [0.3, 0.4) is 0 Å². The van der Waals surface area contributed by atoms with Crippen molar-refractivity contribution < 1.29 is 9.53 Å². The van der Waals surface area contributed by atoms with E-state index >= 15 is 0 Å². The number of carbonyl (C=O) groups excluding carboxylic acids is 1. The lowest BCUT2D eigenvalue weighted by atomic mass is 10.1. The Hall–Kier alpha value is -3.02. The molecule has 31 heavy (non-hydrogen) atoms. The molecule has 3 rings (SSSR count). The van der Waals surface area contributed by atoms with Gasteiger partial charge in [-0.3, -0.25) is 4.79 Å². The molecule has 6 heteroatoms. The molecule has 2 aromatic rings. The van der Waals surface area contributed by atoms with Crippen LogP contribution in [0, 0.1) is 13.8 Å². The van der Waals surface area contributed by atoms with Gasteiger partial charge < -0.3 is 20.7 Å². The molecule has 0 radical (unpaired) electrons. The maximum absolute atomic E-state index is 11.7. The van der Waals surface area contributed by atoms with Crippen molar-refractivity contribution in [2.24, 2.45) is 4.99 Å². The highest BCUT2D eigenvalue weighted by atomic mass is 16.5. The summed E-state index contributed by atoms with van der Waals surface area (Å²) in [6, 6.07) is 14.7. The van der Waals surface area contributed by atoms with E-state index in [2.05, 4.69) is 54.9 Å². The molecule has 6 nitrogen and oxygen atoms in total. The van der Waals surface area contributed by atoms with E-state index in [1.165, 1.54) is 22.3 Å². The minimum absolute atomic E-state index is 0.0492. The van der Waals surface area contributed by atoms with E-state index in [4.69, 9.17) is 9.73 Å². The van der Waals surface area contributed by atoms with Crippen LogP contribution in [0.1, 0.15) is 42.0 Å². The van der Waals surface area contributed by atoms with Gasteiger partial charge in [-0.1, -0.05) is 35.9 Å². The zero-order valence-corrected chi connectivity index (χ0v) is 18.8. The maximum atomic E-state index is 11.7. The van der Waals surface area contributed by atoms with E-state index in [9.17, 15) is 4.79 Å². The van der Waals surface area contributed by atoms with Crippen LogP contribution in [0.2, 0.25) is 0 Å². The SMILES string of the molecule is CCNC(=NCc1ccc(C)cc1C)NCCc1ccc(OCC(=O)NC2CC2)cc1. The van der Waals surface area contributed by atoms with E-state index in [1.54, 1.807) is 0 Å². The summed E-state index contributed by atoms with van der Waals surface area (Å²) in [5.74, 6) is 1.49. The van der Waals surface area contributed by atoms with Gasteiger partial charge in [0.25, 0.3) is 5.91 Å². The van der Waals surface area contributed by atoms with Crippen molar-refractivity contribution in [3.8, 4) is 5.75 Å². The Morgan fingerprint density at radius 2 is 1.87 bits per heavy atom. The minimum atomic E-state index is -0.0492. The average molecular weight is 423 g/mol. The first kappa shape index (κ1) is 22.7. The van der Waals surface area contributed by atoms with Crippen molar-refractivity contribution in [2.75, 3.05) is 19.7 Å². The van der Waals surface area contributed by atoms with E-state index in [1.807, 2.05) is 24.3 Å². The van der Waals surface area contributed by atoms with Crippen LogP contribution >= 0.6 is 0 Å². The third-order valence-electron chi connectivity index (χ3n) is 5.19. The van der Waals surface area contributed by atoms with Gasteiger partial charge in [-0.25, -0.2) is 4.99 Å². The van der Waals surface area contributed by atoms with Gasteiger partial charge in [-0.15, -0.1) is 0 Å². The predicted octanol–water partition coefficient (Wildman–Crippen LogP) is 3.26. The van der Waals surface area contributed by atoms with Gasteiger partial charge in [0.2, 0.25) is 0 Å². The van der Waals surface area contributed by atoms with E-state index in [0.717, 1.165) is 38.3 Å². The molecule has 0 aliphatic heterocycles. The Kier molecular flexibility index (Phi) is 8.33. The molecule has 0 aromatic heterocycles. The van der Waals surface area contributed by atoms with Crippen molar-refractivity contribution in [1.82, 2.24) is 16.0 Å². The highest BCUT2D eigenvalue weighted by Crippen LogP contribution is 2.18. The molecule has 166 valence electrons. The summed E-state index contributed by atoms with van der Waals surface area (Å²) >= 11 is 0. The molecular formula is C25H34N4O2. The minimum Gasteiger partial charge on any atom is -0.484 e. The van der Waals surface area contributed by atoms with Crippen molar-refractivity contribution in [1.29, 1.82) is 0 Å². The highest BCUT2D eigenvalue weighted by molar-refractivity contribution is 5.79. The third kappa shape index (κ3) is 7.96. The molecule has 1 fully saturated rings. The van der Waals surface area contributed by atoms with Crippen LogP contribution in [-0.4, -0.2) is 37.6 Å². The van der Waals surface area contributed by atoms with Crippen LogP contribution in [-0.2, 0) is 17.8 Å². The highest BCUT2D eigenvalue weighted by Gasteiger charge is 2.23. The number of carbonyl (C=O) groups is 1. The summed E-state index contributed by atoms with van der Waals surface area (Å²) < 4.78 is 5.56.